The molecule has 0 heterocycles. The van der Waals surface area contributed by atoms with Crippen LogP contribution in [0.15, 0.2) is 12.1 Å². The Labute approximate surface area is 129 Å². The van der Waals surface area contributed by atoms with E-state index in [1.165, 1.54) is 29.5 Å². The van der Waals surface area contributed by atoms with Crippen LogP contribution >= 0.6 is 22.6 Å². The van der Waals surface area contributed by atoms with E-state index in [0.29, 0.717) is 12.1 Å². The first-order valence-corrected chi connectivity index (χ1v) is 6.67. The smallest absolute Gasteiger partial charge is 0.416 e. The van der Waals surface area contributed by atoms with Gasteiger partial charge in [-0.3, -0.25) is 4.79 Å². The topological polar surface area (TPSA) is 26.3 Å². The number of benzene rings is 1. The van der Waals surface area contributed by atoms with Crippen molar-refractivity contribution in [3.8, 4) is 0 Å². The molecular weight excluding hydrogens is 417 g/mol. The van der Waals surface area contributed by atoms with Gasteiger partial charge in [0.1, 0.15) is 0 Å². The van der Waals surface area contributed by atoms with Gasteiger partial charge >= 0.3 is 18.3 Å². The number of hydrogen-bond donors (Lipinski definition) is 0. The predicted molar refractivity (Wildman–Crippen MR) is 69.5 cm³/mol. The van der Waals surface area contributed by atoms with Crippen LogP contribution in [-0.2, 0) is 28.3 Å². The molecule has 0 aliphatic heterocycles. The zero-order valence-corrected chi connectivity index (χ0v) is 12.7. The minimum absolute atomic E-state index is 0.133. The minimum Gasteiger partial charge on any atom is -0.466 e. The number of alkyl halides is 6. The van der Waals surface area contributed by atoms with Gasteiger partial charge in [0.05, 0.1) is 24.2 Å². The molecule has 0 saturated heterocycles. The summed E-state index contributed by atoms with van der Waals surface area (Å²) in [6, 6.07) is 1.15. The highest BCUT2D eigenvalue weighted by Crippen LogP contribution is 2.40. The first-order valence-electron chi connectivity index (χ1n) is 5.59. The Morgan fingerprint density at radius 2 is 1.52 bits per heavy atom. The molecule has 118 valence electrons. The summed E-state index contributed by atoms with van der Waals surface area (Å²) >= 11 is 1.36. The third-order valence-corrected chi connectivity index (χ3v) is 3.07. The summed E-state index contributed by atoms with van der Waals surface area (Å²) in [6.45, 7) is 1.27. The summed E-state index contributed by atoms with van der Waals surface area (Å²) in [6.07, 6.45) is -11.1. The molecule has 9 heteroatoms. The Balaban J connectivity index is 3.50. The van der Waals surface area contributed by atoms with E-state index in [1.54, 1.807) is 0 Å². The Bertz CT molecular complexity index is 501. The van der Waals surface area contributed by atoms with E-state index < -0.39 is 41.4 Å². The van der Waals surface area contributed by atoms with Gasteiger partial charge in [-0.1, -0.05) is 0 Å². The van der Waals surface area contributed by atoms with Gasteiger partial charge in [-0.25, -0.2) is 0 Å². The van der Waals surface area contributed by atoms with Gasteiger partial charge in [0.15, 0.2) is 0 Å². The highest BCUT2D eigenvalue weighted by molar-refractivity contribution is 14.1. The molecule has 0 N–H and O–H groups in total. The predicted octanol–water partition coefficient (Wildman–Crippen LogP) is 4.43. The molecule has 21 heavy (non-hydrogen) atoms. The maximum Gasteiger partial charge on any atom is 0.416 e. The average Bonchev–Trinajstić information content (AvgIpc) is 2.28. The Kier molecular flexibility index (Phi) is 5.51. The van der Waals surface area contributed by atoms with Crippen molar-refractivity contribution in [1.29, 1.82) is 0 Å². The third kappa shape index (κ3) is 4.75. The van der Waals surface area contributed by atoms with Gasteiger partial charge in [-0.05, 0) is 47.2 Å². The van der Waals surface area contributed by atoms with Crippen LogP contribution in [0.25, 0.3) is 0 Å². The molecule has 0 amide bonds. The van der Waals surface area contributed by atoms with Crippen molar-refractivity contribution in [3.63, 3.8) is 0 Å². The lowest BCUT2D eigenvalue weighted by Crippen LogP contribution is -2.20. The number of ether oxygens (including phenoxy) is 1. The van der Waals surface area contributed by atoms with Gasteiger partial charge in [0.25, 0.3) is 0 Å². The Hall–Kier alpha value is -1.00. The fraction of sp³-hybridized carbons (Fsp3) is 0.417. The number of carbonyl (C=O) groups excluding carboxylic acids is 1. The number of carbonyl (C=O) groups is 1. The molecule has 1 aromatic rings. The maximum absolute atomic E-state index is 12.9. The van der Waals surface area contributed by atoms with Crippen molar-refractivity contribution >= 4 is 28.6 Å². The van der Waals surface area contributed by atoms with Crippen molar-refractivity contribution in [2.45, 2.75) is 25.7 Å². The fourth-order valence-electron chi connectivity index (χ4n) is 1.69. The van der Waals surface area contributed by atoms with Crippen LogP contribution in [0.2, 0.25) is 0 Å². The second-order valence-electron chi connectivity index (χ2n) is 3.96. The monoisotopic (exact) mass is 426 g/mol. The molecule has 2 nitrogen and oxygen atoms in total. The van der Waals surface area contributed by atoms with E-state index >= 15 is 0 Å². The van der Waals surface area contributed by atoms with E-state index in [9.17, 15) is 31.1 Å². The highest BCUT2D eigenvalue weighted by atomic mass is 127. The van der Waals surface area contributed by atoms with Crippen LogP contribution in [0.1, 0.15) is 23.6 Å². The molecule has 1 aromatic carbocycles. The first-order chi connectivity index (χ1) is 9.46. The zero-order valence-electron chi connectivity index (χ0n) is 10.5. The van der Waals surface area contributed by atoms with Crippen molar-refractivity contribution in [3.05, 3.63) is 32.4 Å². The van der Waals surface area contributed by atoms with Crippen LogP contribution in [0.3, 0.4) is 0 Å². The quantitative estimate of drug-likeness (QED) is 0.406. The summed E-state index contributed by atoms with van der Waals surface area (Å²) in [7, 11) is 0. The summed E-state index contributed by atoms with van der Waals surface area (Å²) in [5, 5.41) is 0. The van der Waals surface area contributed by atoms with Gasteiger partial charge in [0.2, 0.25) is 0 Å². The molecule has 0 aliphatic rings. The number of esters is 1. The largest absolute Gasteiger partial charge is 0.466 e. The zero-order chi connectivity index (χ0) is 16.4. The van der Waals surface area contributed by atoms with Crippen LogP contribution in [0.5, 0.6) is 0 Å². The molecular formula is C12H9F6IO2. The van der Waals surface area contributed by atoms with Crippen molar-refractivity contribution in [1.82, 2.24) is 0 Å². The molecule has 0 bridgehead atoms. The molecule has 0 fully saturated rings. The fourth-order valence-corrected chi connectivity index (χ4v) is 2.31. The van der Waals surface area contributed by atoms with Crippen molar-refractivity contribution < 1.29 is 35.9 Å². The standard InChI is InChI=1S/C12H9F6IO2/c1-2-21-10(20)5-7-8(11(13,14)15)3-6(19)4-9(7)12(16,17)18/h3-4H,2,5H2,1H3. The molecule has 0 aromatic heterocycles. The SMILES string of the molecule is CCOC(=O)Cc1c(C(F)(F)F)cc(I)cc1C(F)(F)F. The Morgan fingerprint density at radius 1 is 1.10 bits per heavy atom. The minimum atomic E-state index is -5.00. The van der Waals surface area contributed by atoms with E-state index in [0.717, 1.165) is 0 Å². The van der Waals surface area contributed by atoms with Crippen LogP contribution in [0.4, 0.5) is 26.3 Å². The molecule has 0 atom stereocenters. The summed E-state index contributed by atoms with van der Waals surface area (Å²) < 4.78 is 81.7. The van der Waals surface area contributed by atoms with Crippen molar-refractivity contribution in [2.75, 3.05) is 6.61 Å². The van der Waals surface area contributed by atoms with E-state index in [-0.39, 0.29) is 10.2 Å². The van der Waals surface area contributed by atoms with E-state index in [4.69, 9.17) is 0 Å². The van der Waals surface area contributed by atoms with E-state index in [2.05, 4.69) is 4.74 Å². The average molecular weight is 426 g/mol. The van der Waals surface area contributed by atoms with Crippen molar-refractivity contribution in [2.24, 2.45) is 0 Å². The second kappa shape index (κ2) is 6.41. The lowest BCUT2D eigenvalue weighted by atomic mass is 9.97. The molecule has 0 aliphatic carbocycles. The summed E-state index contributed by atoms with van der Waals surface area (Å²) in [5.74, 6) is -1.14. The first kappa shape index (κ1) is 18.1. The van der Waals surface area contributed by atoms with Crippen LogP contribution < -0.4 is 0 Å². The number of hydrogen-bond acceptors (Lipinski definition) is 2. The van der Waals surface area contributed by atoms with Gasteiger partial charge in [-0.15, -0.1) is 0 Å². The maximum atomic E-state index is 12.9. The number of halogens is 7. The Morgan fingerprint density at radius 3 is 1.86 bits per heavy atom. The van der Waals surface area contributed by atoms with E-state index in [1.807, 2.05) is 0 Å². The molecule has 0 unspecified atom stereocenters. The normalized spacial score (nSPS) is 12.4. The van der Waals surface area contributed by atoms with Crippen LogP contribution in [0, 0.1) is 3.57 Å². The lowest BCUT2D eigenvalue weighted by molar-refractivity contribution is -0.146. The van der Waals surface area contributed by atoms with Gasteiger partial charge in [-0.2, -0.15) is 26.3 Å². The van der Waals surface area contributed by atoms with Crippen LogP contribution in [-0.4, -0.2) is 12.6 Å². The summed E-state index contributed by atoms with van der Waals surface area (Å²) in [4.78, 5) is 11.3. The lowest BCUT2D eigenvalue weighted by Gasteiger charge is -2.19. The molecule has 0 radical (unpaired) electrons. The van der Waals surface area contributed by atoms with Gasteiger partial charge < -0.3 is 4.74 Å². The second-order valence-corrected chi connectivity index (χ2v) is 5.20. The molecule has 0 saturated carbocycles. The molecule has 0 spiro atoms. The summed E-state index contributed by atoms with van der Waals surface area (Å²) in [5.41, 5.74) is -4.07. The third-order valence-electron chi connectivity index (χ3n) is 2.45. The van der Waals surface area contributed by atoms with Gasteiger partial charge in [0, 0.05) is 3.57 Å². The highest BCUT2D eigenvalue weighted by Gasteiger charge is 2.41. The number of rotatable bonds is 3. The molecule has 1 rings (SSSR count).